The molecule has 0 saturated heterocycles. The Balaban J connectivity index is 2.10. The summed E-state index contributed by atoms with van der Waals surface area (Å²) in [7, 11) is 1.93. The number of rotatable bonds is 3. The molecule has 3 rings (SSSR count). The quantitative estimate of drug-likeness (QED) is 0.538. The molecule has 3 N–H and O–H groups in total. The van der Waals surface area contributed by atoms with Crippen molar-refractivity contribution >= 4 is 23.2 Å². The van der Waals surface area contributed by atoms with Gasteiger partial charge in [-0.1, -0.05) is 0 Å². The van der Waals surface area contributed by atoms with Crippen LogP contribution in [0.25, 0.3) is 5.65 Å². The summed E-state index contributed by atoms with van der Waals surface area (Å²) in [5.74, 6) is 5.99. The predicted octanol–water partition coefficient (Wildman–Crippen LogP) is 0.900. The van der Waals surface area contributed by atoms with E-state index in [1.54, 1.807) is 18.6 Å². The van der Waals surface area contributed by atoms with Crippen molar-refractivity contribution in [3.63, 3.8) is 0 Å². The zero-order chi connectivity index (χ0) is 12.5. The molecule has 0 amide bonds. The summed E-state index contributed by atoms with van der Waals surface area (Å²) in [5, 5.41) is 1.60. The van der Waals surface area contributed by atoms with E-state index >= 15 is 0 Å². The van der Waals surface area contributed by atoms with E-state index in [9.17, 15) is 0 Å². The fourth-order valence-corrected chi connectivity index (χ4v) is 2.46. The van der Waals surface area contributed by atoms with Crippen molar-refractivity contribution in [2.45, 2.75) is 10.2 Å². The second-order valence-electron chi connectivity index (χ2n) is 3.66. The van der Waals surface area contributed by atoms with E-state index in [2.05, 4.69) is 20.4 Å². The van der Waals surface area contributed by atoms with Gasteiger partial charge in [-0.25, -0.2) is 20.8 Å². The second-order valence-corrected chi connectivity index (χ2v) is 4.61. The van der Waals surface area contributed by atoms with Crippen LogP contribution in [0.2, 0.25) is 0 Å². The largest absolute Gasteiger partial charge is 0.329 e. The molecular formula is C10H11N7S. The highest BCUT2D eigenvalue weighted by molar-refractivity contribution is 7.99. The number of imidazole rings is 2. The van der Waals surface area contributed by atoms with Crippen molar-refractivity contribution in [2.24, 2.45) is 12.9 Å². The smallest absolute Gasteiger partial charge is 0.174 e. The highest BCUT2D eigenvalue weighted by atomic mass is 32.2. The van der Waals surface area contributed by atoms with Gasteiger partial charge in [0.15, 0.2) is 16.6 Å². The molecular weight excluding hydrogens is 250 g/mol. The fourth-order valence-electron chi connectivity index (χ4n) is 1.58. The molecule has 7 nitrogen and oxygen atoms in total. The van der Waals surface area contributed by atoms with E-state index in [0.29, 0.717) is 5.82 Å². The average Bonchev–Trinajstić information content (AvgIpc) is 2.98. The van der Waals surface area contributed by atoms with Gasteiger partial charge in [0.05, 0.1) is 6.20 Å². The Bertz CT molecular complexity index is 686. The maximum atomic E-state index is 5.41. The van der Waals surface area contributed by atoms with Crippen LogP contribution in [-0.4, -0.2) is 23.9 Å². The minimum absolute atomic E-state index is 0.581. The number of nitrogens with one attached hydrogen (secondary N) is 1. The molecule has 0 radical (unpaired) electrons. The Kier molecular flexibility index (Phi) is 2.65. The number of anilines is 1. The maximum Gasteiger partial charge on any atom is 0.174 e. The van der Waals surface area contributed by atoms with Gasteiger partial charge in [0.1, 0.15) is 5.03 Å². The summed E-state index contributed by atoms with van der Waals surface area (Å²) >= 11 is 1.45. The molecule has 0 unspecified atom stereocenters. The molecule has 92 valence electrons. The molecule has 0 aliphatic carbocycles. The molecule has 0 spiro atoms. The minimum atomic E-state index is 0.581. The molecule has 0 aliphatic heterocycles. The van der Waals surface area contributed by atoms with E-state index in [4.69, 9.17) is 5.84 Å². The SMILES string of the molecule is Cn1ccnc1Sc1nc(NN)cn2ccnc12. The molecule has 0 saturated carbocycles. The van der Waals surface area contributed by atoms with Crippen LogP contribution >= 0.6 is 11.8 Å². The van der Waals surface area contributed by atoms with Crippen LogP contribution in [-0.2, 0) is 7.05 Å². The number of hydrogen-bond acceptors (Lipinski definition) is 6. The van der Waals surface area contributed by atoms with Gasteiger partial charge in [0.25, 0.3) is 0 Å². The number of hydrazine groups is 1. The molecule has 18 heavy (non-hydrogen) atoms. The maximum absolute atomic E-state index is 5.41. The zero-order valence-corrected chi connectivity index (χ0v) is 10.4. The summed E-state index contributed by atoms with van der Waals surface area (Å²) in [4.78, 5) is 12.9. The highest BCUT2D eigenvalue weighted by Gasteiger charge is 2.11. The van der Waals surface area contributed by atoms with Crippen LogP contribution in [0.5, 0.6) is 0 Å². The molecule has 0 aromatic carbocycles. The first kappa shape index (κ1) is 11.1. The number of nitrogens with two attached hydrogens (primary N) is 1. The van der Waals surface area contributed by atoms with Crippen molar-refractivity contribution in [1.29, 1.82) is 0 Å². The van der Waals surface area contributed by atoms with Gasteiger partial charge in [-0.2, -0.15) is 0 Å². The number of nitrogens with zero attached hydrogens (tertiary/aromatic N) is 5. The lowest BCUT2D eigenvalue weighted by molar-refractivity contribution is 0.788. The van der Waals surface area contributed by atoms with Crippen molar-refractivity contribution < 1.29 is 0 Å². The fraction of sp³-hybridized carbons (Fsp3) is 0.100. The number of aromatic nitrogens is 5. The summed E-state index contributed by atoms with van der Waals surface area (Å²) < 4.78 is 3.79. The molecule has 3 heterocycles. The van der Waals surface area contributed by atoms with E-state index < -0.39 is 0 Å². The van der Waals surface area contributed by atoms with Gasteiger partial charge in [0.2, 0.25) is 0 Å². The lowest BCUT2D eigenvalue weighted by atomic mass is 10.6. The van der Waals surface area contributed by atoms with Crippen molar-refractivity contribution in [3.05, 3.63) is 31.0 Å². The first-order chi connectivity index (χ1) is 8.78. The van der Waals surface area contributed by atoms with Gasteiger partial charge in [0, 0.05) is 31.8 Å². The van der Waals surface area contributed by atoms with Gasteiger partial charge in [-0.3, -0.25) is 0 Å². The Morgan fingerprint density at radius 2 is 2.11 bits per heavy atom. The zero-order valence-electron chi connectivity index (χ0n) is 9.61. The third-order valence-corrected chi connectivity index (χ3v) is 3.50. The number of aryl methyl sites for hydroxylation is 1. The number of hydrogen-bond donors (Lipinski definition) is 2. The first-order valence-electron chi connectivity index (χ1n) is 5.23. The van der Waals surface area contributed by atoms with E-state index in [0.717, 1.165) is 15.8 Å². The normalized spacial score (nSPS) is 11.0. The highest BCUT2D eigenvalue weighted by Crippen LogP contribution is 2.28. The van der Waals surface area contributed by atoms with E-state index in [1.807, 2.05) is 28.4 Å². The van der Waals surface area contributed by atoms with Gasteiger partial charge in [-0.15, -0.1) is 0 Å². The van der Waals surface area contributed by atoms with Crippen LogP contribution in [0.1, 0.15) is 0 Å². The Labute approximate surface area is 107 Å². The predicted molar refractivity (Wildman–Crippen MR) is 68.1 cm³/mol. The van der Waals surface area contributed by atoms with Crippen LogP contribution in [0.3, 0.4) is 0 Å². The van der Waals surface area contributed by atoms with Crippen molar-refractivity contribution in [3.8, 4) is 0 Å². The lowest BCUT2D eigenvalue weighted by Gasteiger charge is -2.06. The lowest BCUT2D eigenvalue weighted by Crippen LogP contribution is -2.10. The summed E-state index contributed by atoms with van der Waals surface area (Å²) in [6.45, 7) is 0. The third kappa shape index (κ3) is 1.81. The minimum Gasteiger partial charge on any atom is -0.329 e. The van der Waals surface area contributed by atoms with E-state index in [-0.39, 0.29) is 0 Å². The van der Waals surface area contributed by atoms with Crippen molar-refractivity contribution in [1.82, 2.24) is 23.9 Å². The van der Waals surface area contributed by atoms with Crippen LogP contribution in [0, 0.1) is 0 Å². The Morgan fingerprint density at radius 3 is 2.83 bits per heavy atom. The van der Waals surface area contributed by atoms with Gasteiger partial charge >= 0.3 is 0 Å². The average molecular weight is 261 g/mol. The molecule has 3 aromatic rings. The molecule has 0 aliphatic rings. The summed E-state index contributed by atoms with van der Waals surface area (Å²) in [6.07, 6.45) is 8.98. The monoisotopic (exact) mass is 261 g/mol. The van der Waals surface area contributed by atoms with Crippen molar-refractivity contribution in [2.75, 3.05) is 5.43 Å². The second kappa shape index (κ2) is 4.31. The standard InChI is InChI=1S/C10H11N7S/c1-16-4-2-13-10(16)18-9-8-12-3-5-17(8)6-7(14-9)15-11/h2-6,15H,11H2,1H3. The van der Waals surface area contributed by atoms with Crippen LogP contribution in [0.15, 0.2) is 41.2 Å². The van der Waals surface area contributed by atoms with Crippen LogP contribution < -0.4 is 11.3 Å². The van der Waals surface area contributed by atoms with Gasteiger partial charge in [-0.05, 0) is 11.8 Å². The topological polar surface area (TPSA) is 86.1 Å². The third-order valence-electron chi connectivity index (χ3n) is 2.46. The number of nitrogen functional groups attached to an aromatic ring is 1. The molecule has 0 fully saturated rings. The summed E-state index contributed by atoms with van der Waals surface area (Å²) in [5.41, 5.74) is 3.32. The molecule has 0 bridgehead atoms. The van der Waals surface area contributed by atoms with Crippen LogP contribution in [0.4, 0.5) is 5.82 Å². The molecule has 8 heteroatoms. The Morgan fingerprint density at radius 1 is 1.28 bits per heavy atom. The Hall–Kier alpha value is -2.06. The molecule has 0 atom stereocenters. The summed E-state index contributed by atoms with van der Waals surface area (Å²) in [6, 6.07) is 0. The van der Waals surface area contributed by atoms with Gasteiger partial charge < -0.3 is 14.4 Å². The molecule has 3 aromatic heterocycles. The first-order valence-corrected chi connectivity index (χ1v) is 6.05. The van der Waals surface area contributed by atoms with E-state index in [1.165, 1.54) is 11.8 Å². The number of fused-ring (bicyclic) bond motifs is 1.